The topological polar surface area (TPSA) is 44.4 Å². The second kappa shape index (κ2) is 7.99. The maximum absolute atomic E-state index is 12.1. The molecule has 0 radical (unpaired) electrons. The average Bonchev–Trinajstić information content (AvgIpc) is 2.32. The number of carbonyl (C=O) groups excluding carboxylic acids is 1. The SMILES string of the molecule is Cc1ccc(Cl)cc1NC(=O)CN1CC(C)NC(C)C1.Cl. The molecule has 2 unspecified atom stereocenters. The minimum atomic E-state index is 0. The van der Waals surface area contributed by atoms with Gasteiger partial charge in [0.25, 0.3) is 0 Å². The van der Waals surface area contributed by atoms with E-state index in [2.05, 4.69) is 29.4 Å². The van der Waals surface area contributed by atoms with Crippen molar-refractivity contribution in [2.45, 2.75) is 32.9 Å². The normalized spacial score (nSPS) is 22.5. The Morgan fingerprint density at radius 1 is 1.38 bits per heavy atom. The fraction of sp³-hybridized carbons (Fsp3) is 0.533. The van der Waals surface area contributed by atoms with Gasteiger partial charge in [-0.25, -0.2) is 0 Å². The van der Waals surface area contributed by atoms with Gasteiger partial charge in [0.1, 0.15) is 0 Å². The number of aryl methyl sites for hydroxylation is 1. The summed E-state index contributed by atoms with van der Waals surface area (Å²) in [6, 6.07) is 6.36. The Bertz CT molecular complexity index is 486. The van der Waals surface area contributed by atoms with Crippen molar-refractivity contribution >= 4 is 35.6 Å². The highest BCUT2D eigenvalue weighted by Crippen LogP contribution is 2.20. The second-order valence-corrected chi connectivity index (χ2v) is 6.11. The first-order valence-corrected chi connectivity index (χ1v) is 7.36. The van der Waals surface area contributed by atoms with Gasteiger partial charge in [-0.1, -0.05) is 17.7 Å². The molecular formula is C15H23Cl2N3O. The number of benzene rings is 1. The quantitative estimate of drug-likeness (QED) is 0.895. The monoisotopic (exact) mass is 331 g/mol. The third-order valence-corrected chi connectivity index (χ3v) is 3.71. The van der Waals surface area contributed by atoms with Gasteiger partial charge in [-0.15, -0.1) is 12.4 Å². The van der Waals surface area contributed by atoms with E-state index in [1.54, 1.807) is 6.07 Å². The molecule has 1 aliphatic rings. The predicted molar refractivity (Wildman–Crippen MR) is 90.6 cm³/mol. The van der Waals surface area contributed by atoms with Crippen LogP contribution in [0.5, 0.6) is 0 Å². The highest BCUT2D eigenvalue weighted by molar-refractivity contribution is 6.31. The largest absolute Gasteiger partial charge is 0.325 e. The van der Waals surface area contributed by atoms with Crippen LogP contribution in [0.15, 0.2) is 18.2 Å². The summed E-state index contributed by atoms with van der Waals surface area (Å²) < 4.78 is 0. The molecule has 1 heterocycles. The van der Waals surface area contributed by atoms with Gasteiger partial charge in [0.05, 0.1) is 6.54 Å². The molecular weight excluding hydrogens is 309 g/mol. The molecule has 1 aromatic rings. The molecule has 2 N–H and O–H groups in total. The third-order valence-electron chi connectivity index (χ3n) is 3.47. The van der Waals surface area contributed by atoms with Crippen LogP contribution in [0, 0.1) is 6.92 Å². The first kappa shape index (κ1) is 18.2. The van der Waals surface area contributed by atoms with Gasteiger partial charge in [-0.2, -0.15) is 0 Å². The first-order chi connectivity index (χ1) is 9.44. The molecule has 1 aromatic carbocycles. The molecule has 1 amide bonds. The summed E-state index contributed by atoms with van der Waals surface area (Å²) in [6.07, 6.45) is 0. The van der Waals surface area contributed by atoms with Gasteiger partial charge in [0.15, 0.2) is 0 Å². The van der Waals surface area contributed by atoms with Gasteiger partial charge in [-0.3, -0.25) is 9.69 Å². The van der Waals surface area contributed by atoms with Crippen LogP contribution in [-0.4, -0.2) is 42.5 Å². The average molecular weight is 332 g/mol. The van der Waals surface area contributed by atoms with Crippen molar-refractivity contribution in [1.82, 2.24) is 10.2 Å². The lowest BCUT2D eigenvalue weighted by molar-refractivity contribution is -0.117. The molecule has 21 heavy (non-hydrogen) atoms. The van der Waals surface area contributed by atoms with Crippen LogP contribution < -0.4 is 10.6 Å². The molecule has 1 aliphatic heterocycles. The lowest BCUT2D eigenvalue weighted by Gasteiger charge is -2.35. The van der Waals surface area contributed by atoms with Crippen molar-refractivity contribution in [2.24, 2.45) is 0 Å². The van der Waals surface area contributed by atoms with Crippen LogP contribution in [0.1, 0.15) is 19.4 Å². The van der Waals surface area contributed by atoms with Crippen molar-refractivity contribution in [3.63, 3.8) is 0 Å². The van der Waals surface area contributed by atoms with Crippen LogP contribution >= 0.6 is 24.0 Å². The molecule has 0 aliphatic carbocycles. The number of hydrogen-bond donors (Lipinski definition) is 2. The van der Waals surface area contributed by atoms with Crippen molar-refractivity contribution in [1.29, 1.82) is 0 Å². The predicted octanol–water partition coefficient (Wildman–Crippen LogP) is 2.69. The lowest BCUT2D eigenvalue weighted by atomic mass is 10.1. The van der Waals surface area contributed by atoms with E-state index >= 15 is 0 Å². The third kappa shape index (κ3) is 5.47. The number of nitrogens with one attached hydrogen (secondary N) is 2. The summed E-state index contributed by atoms with van der Waals surface area (Å²) in [7, 11) is 0. The van der Waals surface area contributed by atoms with Gasteiger partial charge in [-0.05, 0) is 38.5 Å². The lowest BCUT2D eigenvalue weighted by Crippen LogP contribution is -2.55. The van der Waals surface area contributed by atoms with E-state index in [0.717, 1.165) is 24.3 Å². The van der Waals surface area contributed by atoms with E-state index in [1.807, 2.05) is 19.1 Å². The molecule has 2 rings (SSSR count). The summed E-state index contributed by atoms with van der Waals surface area (Å²) in [5.74, 6) is 0.0108. The zero-order valence-electron chi connectivity index (χ0n) is 12.6. The van der Waals surface area contributed by atoms with E-state index in [-0.39, 0.29) is 18.3 Å². The van der Waals surface area contributed by atoms with Gasteiger partial charge >= 0.3 is 0 Å². The fourth-order valence-corrected chi connectivity index (χ4v) is 2.86. The van der Waals surface area contributed by atoms with Crippen LogP contribution in [0.25, 0.3) is 0 Å². The zero-order chi connectivity index (χ0) is 14.7. The number of carbonyl (C=O) groups is 1. The molecule has 2 atom stereocenters. The Hall–Kier alpha value is -0.810. The van der Waals surface area contributed by atoms with Crippen molar-refractivity contribution in [3.05, 3.63) is 28.8 Å². The smallest absolute Gasteiger partial charge is 0.238 e. The standard InChI is InChI=1S/C15H22ClN3O.ClH/c1-10-4-5-13(16)6-14(10)18-15(20)9-19-7-11(2)17-12(3)8-19;/h4-6,11-12,17H,7-9H2,1-3H3,(H,18,20);1H. The Labute approximate surface area is 137 Å². The number of halogens is 2. The van der Waals surface area contributed by atoms with Crippen LogP contribution in [0.3, 0.4) is 0 Å². The molecule has 0 aromatic heterocycles. The number of nitrogens with zero attached hydrogens (tertiary/aromatic N) is 1. The second-order valence-electron chi connectivity index (χ2n) is 5.67. The number of anilines is 1. The van der Waals surface area contributed by atoms with Crippen molar-refractivity contribution < 1.29 is 4.79 Å². The van der Waals surface area contributed by atoms with Crippen LogP contribution in [0.4, 0.5) is 5.69 Å². The Morgan fingerprint density at radius 2 is 2.00 bits per heavy atom. The van der Waals surface area contributed by atoms with Gasteiger partial charge < -0.3 is 10.6 Å². The Balaban J connectivity index is 0.00000220. The summed E-state index contributed by atoms with van der Waals surface area (Å²) in [4.78, 5) is 14.3. The van der Waals surface area contributed by atoms with Crippen LogP contribution in [-0.2, 0) is 4.79 Å². The molecule has 0 bridgehead atoms. The Kier molecular flexibility index (Phi) is 6.94. The molecule has 1 fully saturated rings. The molecule has 0 saturated carbocycles. The number of rotatable bonds is 3. The summed E-state index contributed by atoms with van der Waals surface area (Å²) in [5.41, 5.74) is 1.81. The van der Waals surface area contributed by atoms with E-state index in [0.29, 0.717) is 23.7 Å². The minimum absolute atomic E-state index is 0. The van der Waals surface area contributed by atoms with E-state index in [1.165, 1.54) is 0 Å². The van der Waals surface area contributed by atoms with Crippen molar-refractivity contribution in [2.75, 3.05) is 25.0 Å². The maximum Gasteiger partial charge on any atom is 0.238 e. The molecule has 118 valence electrons. The molecule has 4 nitrogen and oxygen atoms in total. The molecule has 1 saturated heterocycles. The highest BCUT2D eigenvalue weighted by atomic mass is 35.5. The maximum atomic E-state index is 12.1. The number of amides is 1. The Morgan fingerprint density at radius 3 is 2.62 bits per heavy atom. The highest BCUT2D eigenvalue weighted by Gasteiger charge is 2.22. The summed E-state index contributed by atoms with van der Waals surface area (Å²) in [6.45, 7) is 8.45. The molecule has 0 spiro atoms. The fourth-order valence-electron chi connectivity index (χ4n) is 2.69. The van der Waals surface area contributed by atoms with E-state index < -0.39 is 0 Å². The van der Waals surface area contributed by atoms with E-state index in [9.17, 15) is 4.79 Å². The number of piperazine rings is 1. The zero-order valence-corrected chi connectivity index (χ0v) is 14.2. The first-order valence-electron chi connectivity index (χ1n) is 6.98. The van der Waals surface area contributed by atoms with Gasteiger partial charge in [0, 0.05) is 35.9 Å². The van der Waals surface area contributed by atoms with E-state index in [4.69, 9.17) is 11.6 Å². The number of hydrogen-bond acceptors (Lipinski definition) is 3. The van der Waals surface area contributed by atoms with Crippen LogP contribution in [0.2, 0.25) is 5.02 Å². The van der Waals surface area contributed by atoms with Gasteiger partial charge in [0.2, 0.25) is 5.91 Å². The molecule has 6 heteroatoms. The summed E-state index contributed by atoms with van der Waals surface area (Å²) >= 11 is 5.96. The van der Waals surface area contributed by atoms with Crippen molar-refractivity contribution in [3.8, 4) is 0 Å². The summed E-state index contributed by atoms with van der Waals surface area (Å²) in [5, 5.41) is 7.03. The minimum Gasteiger partial charge on any atom is -0.325 e.